The highest BCUT2D eigenvalue weighted by Crippen LogP contribution is 2.08. The maximum absolute atomic E-state index is 11.8. The van der Waals surface area contributed by atoms with Crippen LogP contribution in [0.15, 0.2) is 34.6 Å². The monoisotopic (exact) mass is 250 g/mol. The summed E-state index contributed by atoms with van der Waals surface area (Å²) >= 11 is 0. The normalized spacial score (nSPS) is 14.8. The zero-order chi connectivity index (χ0) is 13.1. The van der Waals surface area contributed by atoms with Gasteiger partial charge in [0.15, 0.2) is 5.57 Å². The number of aromatic amines is 1. The standard InChI is InChI=1S/C10H10N4O4/c15-6-2-1-5(3-11-6)14-10(18)7-8(16)12-4-13-9(7)17/h1-3,12,16H,4H2,(H,11,15)(H,13,17)(H,14,18). The molecule has 2 amide bonds. The lowest BCUT2D eigenvalue weighted by Crippen LogP contribution is -2.44. The van der Waals surface area contributed by atoms with Crippen LogP contribution >= 0.6 is 0 Å². The third-order valence-corrected chi connectivity index (χ3v) is 2.24. The third-order valence-electron chi connectivity index (χ3n) is 2.24. The van der Waals surface area contributed by atoms with Crippen molar-refractivity contribution >= 4 is 17.5 Å². The quantitative estimate of drug-likeness (QED) is 0.420. The van der Waals surface area contributed by atoms with Crippen LogP contribution < -0.4 is 21.5 Å². The van der Waals surface area contributed by atoms with Gasteiger partial charge in [-0.2, -0.15) is 0 Å². The zero-order valence-corrected chi connectivity index (χ0v) is 9.11. The molecule has 0 saturated carbocycles. The summed E-state index contributed by atoms with van der Waals surface area (Å²) < 4.78 is 0. The average Bonchev–Trinajstić information content (AvgIpc) is 2.32. The van der Waals surface area contributed by atoms with Gasteiger partial charge in [-0.25, -0.2) is 0 Å². The highest BCUT2D eigenvalue weighted by Gasteiger charge is 2.26. The van der Waals surface area contributed by atoms with Crippen molar-refractivity contribution in [3.63, 3.8) is 0 Å². The fourth-order valence-corrected chi connectivity index (χ4v) is 1.39. The Morgan fingerprint density at radius 3 is 2.67 bits per heavy atom. The Kier molecular flexibility index (Phi) is 3.00. The molecule has 0 radical (unpaired) electrons. The smallest absolute Gasteiger partial charge is 0.266 e. The molecule has 2 rings (SSSR count). The van der Waals surface area contributed by atoms with Crippen LogP contribution in [-0.4, -0.2) is 28.6 Å². The van der Waals surface area contributed by atoms with Gasteiger partial charge in [0.2, 0.25) is 11.4 Å². The molecule has 1 aromatic heterocycles. The molecule has 1 aromatic rings. The highest BCUT2D eigenvalue weighted by molar-refractivity contribution is 6.23. The van der Waals surface area contributed by atoms with Crippen molar-refractivity contribution < 1.29 is 14.7 Å². The number of pyridine rings is 1. The second kappa shape index (κ2) is 4.62. The van der Waals surface area contributed by atoms with Gasteiger partial charge in [0.1, 0.15) is 0 Å². The van der Waals surface area contributed by atoms with Gasteiger partial charge >= 0.3 is 0 Å². The van der Waals surface area contributed by atoms with Crippen LogP contribution in [-0.2, 0) is 9.59 Å². The van der Waals surface area contributed by atoms with E-state index in [0.717, 1.165) is 0 Å². The van der Waals surface area contributed by atoms with E-state index in [1.54, 1.807) is 0 Å². The number of anilines is 1. The van der Waals surface area contributed by atoms with Crippen molar-refractivity contribution in [2.75, 3.05) is 12.0 Å². The largest absolute Gasteiger partial charge is 0.494 e. The van der Waals surface area contributed by atoms with Crippen molar-refractivity contribution in [3.05, 3.63) is 40.1 Å². The van der Waals surface area contributed by atoms with Crippen LogP contribution in [0.1, 0.15) is 0 Å². The predicted molar refractivity (Wildman–Crippen MR) is 61.5 cm³/mol. The van der Waals surface area contributed by atoms with Gasteiger partial charge in [0.25, 0.3) is 11.8 Å². The first-order valence-electron chi connectivity index (χ1n) is 5.03. The lowest BCUT2D eigenvalue weighted by Gasteiger charge is -2.17. The van der Waals surface area contributed by atoms with Crippen LogP contribution in [0.4, 0.5) is 5.69 Å². The number of H-pyrrole nitrogens is 1. The average molecular weight is 250 g/mol. The van der Waals surface area contributed by atoms with E-state index < -0.39 is 23.3 Å². The summed E-state index contributed by atoms with van der Waals surface area (Å²) in [5, 5.41) is 16.6. The summed E-state index contributed by atoms with van der Waals surface area (Å²) in [7, 11) is 0. The lowest BCUT2D eigenvalue weighted by atomic mass is 10.2. The van der Waals surface area contributed by atoms with E-state index in [9.17, 15) is 19.5 Å². The number of nitrogens with one attached hydrogen (secondary N) is 4. The number of aromatic nitrogens is 1. The number of rotatable bonds is 2. The molecule has 8 heteroatoms. The first-order valence-corrected chi connectivity index (χ1v) is 5.03. The number of aliphatic hydroxyl groups excluding tert-OH is 1. The first kappa shape index (κ1) is 11.7. The minimum atomic E-state index is -0.774. The highest BCUT2D eigenvalue weighted by atomic mass is 16.3. The van der Waals surface area contributed by atoms with Gasteiger partial charge in [-0.15, -0.1) is 0 Å². The fourth-order valence-electron chi connectivity index (χ4n) is 1.39. The van der Waals surface area contributed by atoms with E-state index in [4.69, 9.17) is 0 Å². The van der Waals surface area contributed by atoms with Gasteiger partial charge in [-0.3, -0.25) is 14.4 Å². The molecule has 0 fully saturated rings. The predicted octanol–water partition coefficient (Wildman–Crippen LogP) is -1.24. The molecule has 8 nitrogen and oxygen atoms in total. The van der Waals surface area contributed by atoms with Gasteiger partial charge in [-0.1, -0.05) is 0 Å². The number of aliphatic hydroxyl groups is 1. The Morgan fingerprint density at radius 2 is 2.06 bits per heavy atom. The van der Waals surface area contributed by atoms with Gasteiger partial charge < -0.3 is 26.0 Å². The minimum Gasteiger partial charge on any atom is -0.494 e. The molecule has 0 aromatic carbocycles. The van der Waals surface area contributed by atoms with Crippen molar-refractivity contribution in [1.29, 1.82) is 0 Å². The maximum atomic E-state index is 11.8. The zero-order valence-electron chi connectivity index (χ0n) is 9.11. The molecule has 0 saturated heterocycles. The molecule has 2 heterocycles. The van der Waals surface area contributed by atoms with Crippen molar-refractivity contribution in [1.82, 2.24) is 15.6 Å². The molecule has 0 bridgehead atoms. The molecule has 18 heavy (non-hydrogen) atoms. The maximum Gasteiger partial charge on any atom is 0.266 e. The van der Waals surface area contributed by atoms with Crippen LogP contribution in [0.5, 0.6) is 0 Å². The molecule has 0 aliphatic carbocycles. The molecule has 1 aliphatic heterocycles. The Balaban J connectivity index is 2.19. The van der Waals surface area contributed by atoms with Gasteiger partial charge in [-0.05, 0) is 6.07 Å². The summed E-state index contributed by atoms with van der Waals surface area (Å²) in [6.45, 7) is 0.0557. The van der Waals surface area contributed by atoms with Gasteiger partial charge in [0.05, 0.1) is 12.4 Å². The third kappa shape index (κ3) is 2.32. The number of amides is 2. The van der Waals surface area contributed by atoms with Crippen molar-refractivity contribution in [2.24, 2.45) is 0 Å². The topological polar surface area (TPSA) is 123 Å². The Labute approximate surface area is 101 Å². The molecule has 0 spiro atoms. The van der Waals surface area contributed by atoms with Crippen LogP contribution in [0.2, 0.25) is 0 Å². The second-order valence-electron chi connectivity index (χ2n) is 3.48. The van der Waals surface area contributed by atoms with E-state index >= 15 is 0 Å². The number of carbonyl (C=O) groups excluding carboxylic acids is 2. The van der Waals surface area contributed by atoms with E-state index in [1.165, 1.54) is 18.3 Å². The molecule has 5 N–H and O–H groups in total. The Hall–Kier alpha value is -2.77. The number of hydrogen-bond donors (Lipinski definition) is 5. The SMILES string of the molecule is O=C1NCNC(O)=C1C(=O)Nc1ccc(=O)[nH]c1. The van der Waals surface area contributed by atoms with Crippen molar-refractivity contribution in [2.45, 2.75) is 0 Å². The van der Waals surface area contributed by atoms with Gasteiger partial charge in [0, 0.05) is 12.3 Å². The summed E-state index contributed by atoms with van der Waals surface area (Å²) in [5.74, 6) is -1.93. The van der Waals surface area contributed by atoms with Crippen LogP contribution in [0.3, 0.4) is 0 Å². The van der Waals surface area contributed by atoms with Crippen LogP contribution in [0, 0.1) is 0 Å². The lowest BCUT2D eigenvalue weighted by molar-refractivity contribution is -0.122. The molecule has 0 unspecified atom stereocenters. The number of carbonyl (C=O) groups is 2. The molecular formula is C10H10N4O4. The Morgan fingerprint density at radius 1 is 1.28 bits per heavy atom. The Bertz CT molecular complexity index is 569. The fraction of sp³-hybridized carbons (Fsp3) is 0.100. The first-order chi connectivity index (χ1) is 8.58. The molecular weight excluding hydrogens is 240 g/mol. The summed E-state index contributed by atoms with van der Waals surface area (Å²) in [6, 6.07) is 2.60. The molecule has 0 atom stereocenters. The molecule has 1 aliphatic rings. The summed E-state index contributed by atoms with van der Waals surface area (Å²) in [6.07, 6.45) is 1.28. The summed E-state index contributed by atoms with van der Waals surface area (Å²) in [5.41, 5.74) is -0.419. The van der Waals surface area contributed by atoms with E-state index in [2.05, 4.69) is 20.9 Å². The van der Waals surface area contributed by atoms with Crippen LogP contribution in [0.25, 0.3) is 0 Å². The van der Waals surface area contributed by atoms with E-state index in [-0.39, 0.29) is 12.2 Å². The van der Waals surface area contributed by atoms with Crippen molar-refractivity contribution in [3.8, 4) is 0 Å². The second-order valence-corrected chi connectivity index (χ2v) is 3.48. The minimum absolute atomic E-state index is 0.0557. The number of hydrogen-bond acceptors (Lipinski definition) is 5. The summed E-state index contributed by atoms with van der Waals surface area (Å²) in [4.78, 5) is 36.3. The van der Waals surface area contributed by atoms with E-state index in [0.29, 0.717) is 5.69 Å². The molecule has 94 valence electrons. The van der Waals surface area contributed by atoms with E-state index in [1.807, 2.05) is 0 Å².